The van der Waals surface area contributed by atoms with Crippen molar-refractivity contribution in [1.29, 1.82) is 0 Å². The second-order valence-corrected chi connectivity index (χ2v) is 10.6. The number of hydrogen-bond acceptors (Lipinski definition) is 5. The topological polar surface area (TPSA) is 55.5 Å². The summed E-state index contributed by atoms with van der Waals surface area (Å²) >= 11 is 5.25. The van der Waals surface area contributed by atoms with Crippen LogP contribution in [0, 0.1) is 18.3 Å². The molecule has 1 spiro atoms. The molecule has 2 unspecified atom stereocenters. The summed E-state index contributed by atoms with van der Waals surface area (Å²) in [7, 11) is 0. The van der Waals surface area contributed by atoms with Gasteiger partial charge >= 0.3 is 0 Å². The summed E-state index contributed by atoms with van der Waals surface area (Å²) in [5.41, 5.74) is 3.34. The Balaban J connectivity index is 0.00000132. The zero-order chi connectivity index (χ0) is 23.0. The molecule has 0 aliphatic heterocycles. The Bertz CT molecular complexity index is 1010. The fraction of sp³-hybridized carbons (Fsp3) is 0.560. The van der Waals surface area contributed by atoms with Crippen molar-refractivity contribution in [3.05, 3.63) is 50.8 Å². The number of ketones is 1. The third-order valence-corrected chi connectivity index (χ3v) is 7.86. The fourth-order valence-corrected chi connectivity index (χ4v) is 5.84. The number of Topliss-reactive ketones (excluding diaryl/α,β-unsaturated/α-hetero) is 1. The highest BCUT2D eigenvalue weighted by atomic mass is 79.9. The van der Waals surface area contributed by atoms with Gasteiger partial charge in [0.15, 0.2) is 11.3 Å². The standard InChI is InChI=1S/C23H27BrN2O2S.C2H6/c1-13(2)21(27)23(25-15(4)29-5)19-10-17(24)7-6-16(19)11-22(23)9-8-20-18(12-22)14(3)28-26-20;1-2/h6-7,10,13H,8-9,11-12H2,1-5H3;1-2H3. The molecule has 1 aromatic carbocycles. The molecule has 0 bridgehead atoms. The lowest BCUT2D eigenvalue weighted by Gasteiger charge is -2.46. The van der Waals surface area contributed by atoms with Crippen LogP contribution in [0.1, 0.15) is 69.2 Å². The normalized spacial score (nSPS) is 24.6. The first kappa shape index (κ1) is 24.2. The Kier molecular flexibility index (Phi) is 7.21. The number of rotatable bonds is 3. The molecule has 2 aliphatic carbocycles. The van der Waals surface area contributed by atoms with Gasteiger partial charge in [-0.05, 0) is 69.0 Å². The van der Waals surface area contributed by atoms with Gasteiger partial charge in [-0.25, -0.2) is 0 Å². The molecule has 0 N–H and O–H groups in total. The number of aromatic nitrogens is 1. The van der Waals surface area contributed by atoms with Crippen LogP contribution in [0.5, 0.6) is 0 Å². The van der Waals surface area contributed by atoms with E-state index in [0.717, 1.165) is 52.2 Å². The molecule has 2 aliphatic rings. The average molecular weight is 506 g/mol. The quantitative estimate of drug-likeness (QED) is 0.344. The van der Waals surface area contributed by atoms with E-state index in [1.54, 1.807) is 11.8 Å². The van der Waals surface area contributed by atoms with Crippen LogP contribution in [0.2, 0.25) is 0 Å². The van der Waals surface area contributed by atoms with Crippen molar-refractivity contribution in [2.45, 2.75) is 72.8 Å². The first-order chi connectivity index (χ1) is 14.7. The molecule has 4 nitrogen and oxygen atoms in total. The van der Waals surface area contributed by atoms with Gasteiger partial charge in [0, 0.05) is 21.4 Å². The Labute approximate surface area is 198 Å². The molecule has 1 aromatic heterocycles. The second kappa shape index (κ2) is 9.22. The van der Waals surface area contributed by atoms with Gasteiger partial charge in [0.05, 0.1) is 10.7 Å². The van der Waals surface area contributed by atoms with Crippen molar-refractivity contribution in [1.82, 2.24) is 5.16 Å². The molecular formula is C25H33BrN2O2S. The molecule has 0 radical (unpaired) electrons. The Morgan fingerprint density at radius 1 is 1.29 bits per heavy atom. The number of aryl methyl sites for hydroxylation is 2. The number of fused-ring (bicyclic) bond motifs is 2. The van der Waals surface area contributed by atoms with Crippen LogP contribution in [0.25, 0.3) is 0 Å². The van der Waals surface area contributed by atoms with Gasteiger partial charge in [0.25, 0.3) is 0 Å². The van der Waals surface area contributed by atoms with Gasteiger partial charge in [-0.2, -0.15) is 0 Å². The van der Waals surface area contributed by atoms with E-state index >= 15 is 0 Å². The third kappa shape index (κ3) is 3.84. The van der Waals surface area contributed by atoms with Gasteiger partial charge in [-0.1, -0.05) is 54.8 Å². The zero-order valence-corrected chi connectivity index (χ0v) is 22.0. The zero-order valence-electron chi connectivity index (χ0n) is 19.6. The van der Waals surface area contributed by atoms with Crippen molar-refractivity contribution >= 4 is 38.5 Å². The van der Waals surface area contributed by atoms with Crippen molar-refractivity contribution in [3.63, 3.8) is 0 Å². The third-order valence-electron chi connectivity index (χ3n) is 6.68. The summed E-state index contributed by atoms with van der Waals surface area (Å²) in [6, 6.07) is 6.36. The number of halogens is 1. The summed E-state index contributed by atoms with van der Waals surface area (Å²) in [4.78, 5) is 19.3. The first-order valence-electron chi connectivity index (χ1n) is 11.1. The lowest BCUT2D eigenvalue weighted by molar-refractivity contribution is -0.132. The molecule has 0 saturated heterocycles. The lowest BCUT2D eigenvalue weighted by atomic mass is 9.59. The highest BCUT2D eigenvalue weighted by Crippen LogP contribution is 2.60. The minimum Gasteiger partial charge on any atom is -0.361 e. The van der Waals surface area contributed by atoms with Gasteiger partial charge in [0.1, 0.15) is 5.76 Å². The van der Waals surface area contributed by atoms with Gasteiger partial charge in [-0.3, -0.25) is 9.79 Å². The molecule has 31 heavy (non-hydrogen) atoms. The van der Waals surface area contributed by atoms with Crippen LogP contribution >= 0.6 is 27.7 Å². The number of carbonyl (C=O) groups is 1. The van der Waals surface area contributed by atoms with E-state index in [-0.39, 0.29) is 17.1 Å². The lowest BCUT2D eigenvalue weighted by Crippen LogP contribution is -2.52. The van der Waals surface area contributed by atoms with E-state index in [0.29, 0.717) is 0 Å². The molecule has 1 heterocycles. The van der Waals surface area contributed by atoms with E-state index in [2.05, 4.69) is 39.3 Å². The smallest absolute Gasteiger partial charge is 0.168 e. The maximum absolute atomic E-state index is 14.0. The highest BCUT2D eigenvalue weighted by molar-refractivity contribution is 9.10. The van der Waals surface area contributed by atoms with Crippen LogP contribution < -0.4 is 0 Å². The molecule has 2 atom stereocenters. The number of hydrogen-bond donors (Lipinski definition) is 0. The number of aliphatic imine (C=N–C) groups is 1. The van der Waals surface area contributed by atoms with E-state index < -0.39 is 5.54 Å². The summed E-state index contributed by atoms with van der Waals surface area (Å²) in [5.74, 6) is 0.966. The molecule has 168 valence electrons. The molecule has 0 fully saturated rings. The Hall–Kier alpha value is -1.40. The monoisotopic (exact) mass is 504 g/mol. The predicted molar refractivity (Wildman–Crippen MR) is 133 cm³/mol. The minimum atomic E-state index is -0.880. The molecule has 0 amide bonds. The summed E-state index contributed by atoms with van der Waals surface area (Å²) < 4.78 is 6.50. The van der Waals surface area contributed by atoms with Gasteiger partial charge in [-0.15, -0.1) is 11.8 Å². The van der Waals surface area contributed by atoms with Gasteiger partial charge < -0.3 is 4.52 Å². The maximum atomic E-state index is 14.0. The van der Waals surface area contributed by atoms with Crippen molar-refractivity contribution in [2.75, 3.05) is 6.26 Å². The molecular weight excluding hydrogens is 472 g/mol. The SMILES string of the molecule is CC.CSC(C)=NC1(C(=O)C(C)C)c2cc(Br)ccc2CC12CCc1noc(C)c1C2. The van der Waals surface area contributed by atoms with Crippen molar-refractivity contribution < 1.29 is 9.32 Å². The summed E-state index contributed by atoms with van der Waals surface area (Å²) in [5, 5.41) is 5.22. The molecule has 2 aromatic rings. The van der Waals surface area contributed by atoms with Crippen LogP contribution in [-0.4, -0.2) is 22.2 Å². The van der Waals surface area contributed by atoms with Crippen molar-refractivity contribution in [3.8, 4) is 0 Å². The van der Waals surface area contributed by atoms with E-state index in [1.165, 1.54) is 11.1 Å². The van der Waals surface area contributed by atoms with Crippen LogP contribution in [0.15, 0.2) is 32.2 Å². The van der Waals surface area contributed by atoms with Crippen LogP contribution in [0.4, 0.5) is 0 Å². The largest absolute Gasteiger partial charge is 0.361 e. The molecule has 6 heteroatoms. The van der Waals surface area contributed by atoms with E-state index in [1.807, 2.05) is 47.8 Å². The van der Waals surface area contributed by atoms with Crippen LogP contribution in [0.3, 0.4) is 0 Å². The molecule has 4 rings (SSSR count). The van der Waals surface area contributed by atoms with E-state index in [9.17, 15) is 4.79 Å². The Morgan fingerprint density at radius 3 is 2.65 bits per heavy atom. The van der Waals surface area contributed by atoms with Gasteiger partial charge in [0.2, 0.25) is 0 Å². The average Bonchev–Trinajstić information content (AvgIpc) is 3.25. The number of thioether (sulfide) groups is 1. The first-order valence-corrected chi connectivity index (χ1v) is 13.1. The molecule has 0 saturated carbocycles. The predicted octanol–water partition coefficient (Wildman–Crippen LogP) is 6.70. The maximum Gasteiger partial charge on any atom is 0.168 e. The Morgan fingerprint density at radius 2 is 2.00 bits per heavy atom. The second-order valence-electron chi connectivity index (χ2n) is 8.66. The van der Waals surface area contributed by atoms with Crippen molar-refractivity contribution in [2.24, 2.45) is 16.3 Å². The highest BCUT2D eigenvalue weighted by Gasteiger charge is 2.63. The summed E-state index contributed by atoms with van der Waals surface area (Å²) in [6.07, 6.45) is 5.35. The number of nitrogens with zero attached hydrogens (tertiary/aromatic N) is 2. The number of benzene rings is 1. The number of carbonyl (C=O) groups excluding carboxylic acids is 1. The summed E-state index contributed by atoms with van der Waals surface area (Å²) in [6.45, 7) is 12.0. The van der Waals surface area contributed by atoms with Crippen LogP contribution in [-0.2, 0) is 29.6 Å². The minimum absolute atomic E-state index is 0.111. The fourth-order valence-electron chi connectivity index (χ4n) is 5.25. The van der Waals surface area contributed by atoms with E-state index in [4.69, 9.17) is 9.52 Å².